The lowest BCUT2D eigenvalue weighted by atomic mass is 10.5. The fourth-order valence-electron chi connectivity index (χ4n) is 1.78. The largest absolute Gasteiger partial charge is 0.334 e. The van der Waals surface area contributed by atoms with Crippen molar-refractivity contribution in [2.24, 2.45) is 0 Å². The Balaban J connectivity index is 5.14. The summed E-state index contributed by atoms with van der Waals surface area (Å²) >= 11 is 0. The number of hydrogen-bond donors (Lipinski definition) is 0. The fraction of sp³-hybridized carbons (Fsp3) is 1.00. The van der Waals surface area contributed by atoms with Gasteiger partial charge in [0.05, 0.1) is 37.2 Å². The molecule has 8 heteroatoms. The van der Waals surface area contributed by atoms with Crippen LogP contribution in [0.15, 0.2) is 0 Å². The fourth-order valence-corrected chi connectivity index (χ4v) is 6.54. The Bertz CT molecular complexity index is 359. The minimum atomic E-state index is -3.40. The monoisotopic (exact) mass is 344 g/mol. The Morgan fingerprint density at radius 2 is 1.19 bits per heavy atom. The van der Waals surface area contributed by atoms with E-state index in [-0.39, 0.29) is 31.6 Å². The van der Waals surface area contributed by atoms with E-state index < -0.39 is 20.9 Å². The van der Waals surface area contributed by atoms with Crippen LogP contribution in [-0.4, -0.2) is 37.2 Å². The smallest absolute Gasteiger partial charge is 0.309 e. The van der Waals surface area contributed by atoms with E-state index in [4.69, 9.17) is 18.1 Å². The van der Waals surface area contributed by atoms with Gasteiger partial charge in [-0.2, -0.15) is 0 Å². The molecule has 0 spiro atoms. The molecule has 0 aromatic carbocycles. The lowest BCUT2D eigenvalue weighted by Gasteiger charge is -2.29. The van der Waals surface area contributed by atoms with Crippen LogP contribution in [0.3, 0.4) is 0 Å². The van der Waals surface area contributed by atoms with Crippen LogP contribution in [0.5, 0.6) is 0 Å². The molecular weight excluding hydrogens is 314 g/mol. The van der Waals surface area contributed by atoms with Crippen molar-refractivity contribution in [3.05, 3.63) is 0 Å². The molecule has 0 bridgehead atoms. The van der Waals surface area contributed by atoms with Gasteiger partial charge in [0.2, 0.25) is 0 Å². The third-order valence-corrected chi connectivity index (χ3v) is 7.67. The Kier molecular flexibility index (Phi) is 9.58. The van der Waals surface area contributed by atoms with Gasteiger partial charge in [-0.1, -0.05) is 6.92 Å². The van der Waals surface area contributed by atoms with Gasteiger partial charge in [0.15, 0.2) is 0 Å². The van der Waals surface area contributed by atoms with Crippen molar-refractivity contribution in [2.45, 2.75) is 66.3 Å². The molecule has 21 heavy (non-hydrogen) atoms. The molecule has 0 saturated carbocycles. The third kappa shape index (κ3) is 7.92. The summed E-state index contributed by atoms with van der Waals surface area (Å²) in [5.41, 5.74) is -0.578. The molecule has 0 heterocycles. The highest BCUT2D eigenvalue weighted by molar-refractivity contribution is 7.58. The van der Waals surface area contributed by atoms with Crippen molar-refractivity contribution in [1.29, 1.82) is 0 Å². The van der Waals surface area contributed by atoms with Gasteiger partial charge in [-0.25, -0.2) is 0 Å². The van der Waals surface area contributed by atoms with Gasteiger partial charge in [0, 0.05) is 0 Å². The molecule has 0 radical (unpaired) electrons. The highest BCUT2D eigenvalue weighted by atomic mass is 31.2. The summed E-state index contributed by atoms with van der Waals surface area (Å²) in [6.07, 6.45) is -0.503. The molecule has 0 aliphatic rings. The minimum Gasteiger partial charge on any atom is -0.309 e. The van der Waals surface area contributed by atoms with Crippen molar-refractivity contribution in [3.8, 4) is 0 Å². The first-order chi connectivity index (χ1) is 9.58. The molecule has 0 aliphatic carbocycles. The van der Waals surface area contributed by atoms with Gasteiger partial charge < -0.3 is 18.1 Å². The Hall–Kier alpha value is 0.300. The Labute approximate surface area is 128 Å². The average molecular weight is 344 g/mol. The molecular formula is C13H30O6P2. The van der Waals surface area contributed by atoms with E-state index in [1.54, 1.807) is 48.5 Å². The summed E-state index contributed by atoms with van der Waals surface area (Å²) in [4.78, 5) is 0. The van der Waals surface area contributed by atoms with Gasteiger partial charge >= 0.3 is 15.2 Å². The lowest BCUT2D eigenvalue weighted by Crippen LogP contribution is -2.20. The summed E-state index contributed by atoms with van der Waals surface area (Å²) in [6, 6.07) is 0. The molecule has 1 atom stereocenters. The molecule has 0 saturated heterocycles. The van der Waals surface area contributed by atoms with Gasteiger partial charge in [-0.15, -0.1) is 0 Å². The summed E-state index contributed by atoms with van der Waals surface area (Å²) in [7, 11) is -6.69. The first-order valence-corrected chi connectivity index (χ1v) is 10.8. The van der Waals surface area contributed by atoms with Crippen molar-refractivity contribution in [3.63, 3.8) is 0 Å². The van der Waals surface area contributed by atoms with Crippen LogP contribution in [0.1, 0.15) is 48.5 Å². The van der Waals surface area contributed by atoms with Crippen LogP contribution >= 0.6 is 15.2 Å². The van der Waals surface area contributed by atoms with Crippen LogP contribution in [0.25, 0.3) is 0 Å². The lowest BCUT2D eigenvalue weighted by molar-refractivity contribution is 0.137. The van der Waals surface area contributed by atoms with Crippen molar-refractivity contribution < 1.29 is 27.2 Å². The van der Waals surface area contributed by atoms with Crippen LogP contribution in [-0.2, 0) is 27.2 Å². The van der Waals surface area contributed by atoms with E-state index in [0.29, 0.717) is 0 Å². The quantitative estimate of drug-likeness (QED) is 0.507. The van der Waals surface area contributed by atoms with Gasteiger partial charge in [-0.3, -0.25) is 9.13 Å². The molecule has 0 aromatic heterocycles. The van der Waals surface area contributed by atoms with Crippen molar-refractivity contribution >= 4 is 15.2 Å². The van der Waals surface area contributed by atoms with Crippen LogP contribution in [0.2, 0.25) is 0 Å². The summed E-state index contributed by atoms with van der Waals surface area (Å²) in [6.45, 7) is 12.9. The second-order valence-corrected chi connectivity index (χ2v) is 9.81. The second-order valence-electron chi connectivity index (χ2n) is 5.33. The van der Waals surface area contributed by atoms with Crippen LogP contribution in [0, 0.1) is 0 Å². The molecule has 0 rings (SSSR count). The zero-order chi connectivity index (χ0) is 16.7. The molecule has 0 aromatic rings. The molecule has 6 nitrogen and oxygen atoms in total. The summed E-state index contributed by atoms with van der Waals surface area (Å²) in [5.74, 6) is 0. The Morgan fingerprint density at radius 1 is 0.810 bits per heavy atom. The highest BCUT2D eigenvalue weighted by Crippen LogP contribution is 2.60. The second kappa shape index (κ2) is 9.44. The van der Waals surface area contributed by atoms with Crippen molar-refractivity contribution in [1.82, 2.24) is 0 Å². The molecule has 0 N–H and O–H groups in total. The van der Waals surface area contributed by atoms with E-state index >= 15 is 0 Å². The van der Waals surface area contributed by atoms with E-state index in [2.05, 4.69) is 0 Å². The third-order valence-electron chi connectivity index (χ3n) is 2.39. The highest BCUT2D eigenvalue weighted by Gasteiger charge is 2.40. The first kappa shape index (κ1) is 21.3. The summed E-state index contributed by atoms with van der Waals surface area (Å²) in [5, 5.41) is 0. The predicted octanol–water partition coefficient (Wildman–Crippen LogP) is 4.68. The van der Waals surface area contributed by atoms with Crippen LogP contribution in [0.4, 0.5) is 0 Å². The van der Waals surface area contributed by atoms with E-state index in [9.17, 15) is 9.13 Å². The molecule has 128 valence electrons. The minimum absolute atomic E-state index is 0.00535. The summed E-state index contributed by atoms with van der Waals surface area (Å²) < 4.78 is 47.0. The normalized spacial score (nSPS) is 14.9. The molecule has 0 amide bonds. The maximum atomic E-state index is 12.9. The van der Waals surface area contributed by atoms with E-state index in [0.717, 1.165) is 0 Å². The maximum absolute atomic E-state index is 12.9. The molecule has 1 unspecified atom stereocenters. The van der Waals surface area contributed by atoms with Gasteiger partial charge in [0.1, 0.15) is 0 Å². The molecule has 0 fully saturated rings. The van der Waals surface area contributed by atoms with Gasteiger partial charge in [-0.05, 0) is 41.5 Å². The average Bonchev–Trinajstić information content (AvgIpc) is 2.26. The zero-order valence-corrected chi connectivity index (χ0v) is 16.0. The topological polar surface area (TPSA) is 71.1 Å². The van der Waals surface area contributed by atoms with Gasteiger partial charge in [0.25, 0.3) is 0 Å². The predicted molar refractivity (Wildman–Crippen MR) is 85.2 cm³/mol. The first-order valence-electron chi connectivity index (χ1n) is 7.43. The van der Waals surface area contributed by atoms with E-state index in [1.807, 2.05) is 0 Å². The van der Waals surface area contributed by atoms with Crippen molar-refractivity contribution in [2.75, 3.05) is 19.4 Å². The maximum Gasteiger partial charge on any atom is 0.334 e. The number of hydrogen-bond acceptors (Lipinski definition) is 6. The molecule has 0 aliphatic heterocycles. The zero-order valence-electron chi connectivity index (χ0n) is 14.2. The standard InChI is InChI=1S/C13H30O6P2/c1-8-16-20(14,17-9-2)10-13(7)21(15,18-11(3)4)19-12(5)6/h11-13H,8-10H2,1-7H3. The Morgan fingerprint density at radius 3 is 1.48 bits per heavy atom. The number of rotatable bonds is 11. The SMILES string of the molecule is CCOP(=O)(CC(C)P(=O)(OC(C)C)OC(C)C)OCC. The van der Waals surface area contributed by atoms with E-state index in [1.165, 1.54) is 0 Å². The van der Waals surface area contributed by atoms with Crippen LogP contribution < -0.4 is 0 Å².